The molecule has 3 aliphatic rings. The monoisotopic (exact) mass is 584 g/mol. The van der Waals surface area contributed by atoms with Gasteiger partial charge in [-0.2, -0.15) is 26.3 Å². The van der Waals surface area contributed by atoms with Crippen molar-refractivity contribution in [2.75, 3.05) is 26.2 Å². The summed E-state index contributed by atoms with van der Waals surface area (Å²) in [5.41, 5.74) is -5.85. The Kier molecular flexibility index (Phi) is 7.62. The van der Waals surface area contributed by atoms with Crippen LogP contribution < -0.4 is 0 Å². The fourth-order valence-corrected chi connectivity index (χ4v) is 5.57. The van der Waals surface area contributed by atoms with Crippen molar-refractivity contribution in [2.24, 2.45) is 11.3 Å². The number of piperidine rings is 1. The number of carbonyl (C=O) groups is 2. The minimum Gasteiger partial charge on any atom is -0.444 e. The summed E-state index contributed by atoms with van der Waals surface area (Å²) in [5.74, 6) is -7.49. The van der Waals surface area contributed by atoms with E-state index in [9.17, 15) is 35.9 Å². The normalized spacial score (nSPS) is 22.4. The zero-order valence-corrected chi connectivity index (χ0v) is 22.4. The van der Waals surface area contributed by atoms with Crippen molar-refractivity contribution in [1.29, 1.82) is 0 Å². The second kappa shape index (κ2) is 10.0. The first-order valence-corrected chi connectivity index (χ1v) is 13.2. The number of rotatable bonds is 4. The number of amides is 2. The third-order valence-electron chi connectivity index (χ3n) is 8.02. The number of carbonyl (C=O) groups excluding carboxylic acids is 2. The maximum absolute atomic E-state index is 15.6. The molecule has 0 bridgehead atoms. The first-order chi connectivity index (χ1) is 18.3. The zero-order chi connectivity index (χ0) is 29.9. The van der Waals surface area contributed by atoms with Gasteiger partial charge in [0.05, 0.1) is 5.56 Å². The van der Waals surface area contributed by atoms with Crippen molar-refractivity contribution in [2.45, 2.75) is 82.7 Å². The van der Waals surface area contributed by atoms with Gasteiger partial charge >= 0.3 is 18.4 Å². The van der Waals surface area contributed by atoms with E-state index in [0.717, 1.165) is 6.07 Å². The predicted molar refractivity (Wildman–Crippen MR) is 128 cm³/mol. The van der Waals surface area contributed by atoms with Gasteiger partial charge in [0.2, 0.25) is 5.91 Å². The maximum atomic E-state index is 15.6. The summed E-state index contributed by atoms with van der Waals surface area (Å²) in [6, 6.07) is 2.66. The van der Waals surface area contributed by atoms with Crippen LogP contribution in [0.1, 0.15) is 75.5 Å². The number of hydrogen-bond donors (Lipinski definition) is 0. The number of ether oxygens (including phenoxy) is 1. The Balaban J connectivity index is 1.50. The van der Waals surface area contributed by atoms with Crippen LogP contribution in [0.25, 0.3) is 0 Å². The van der Waals surface area contributed by atoms with E-state index in [4.69, 9.17) is 4.74 Å². The van der Waals surface area contributed by atoms with Gasteiger partial charge in [-0.25, -0.2) is 13.6 Å². The van der Waals surface area contributed by atoms with Gasteiger partial charge in [0.1, 0.15) is 11.0 Å². The van der Waals surface area contributed by atoms with E-state index in [2.05, 4.69) is 0 Å². The number of hydrogen-bond acceptors (Lipinski definition) is 3. The fraction of sp³-hybridized carbons (Fsp3) is 0.704. The molecular formula is C27H32F8N2O3. The molecule has 1 aromatic rings. The molecule has 13 heteroatoms. The summed E-state index contributed by atoms with van der Waals surface area (Å²) in [5, 5.41) is 0. The van der Waals surface area contributed by atoms with E-state index in [1.165, 1.54) is 11.0 Å². The Morgan fingerprint density at radius 1 is 0.850 bits per heavy atom. The van der Waals surface area contributed by atoms with Gasteiger partial charge in [-0.3, -0.25) is 4.79 Å². The topological polar surface area (TPSA) is 49.9 Å². The zero-order valence-electron chi connectivity index (χ0n) is 22.4. The highest BCUT2D eigenvalue weighted by Crippen LogP contribution is 2.59. The molecule has 1 aromatic carbocycles. The average molecular weight is 585 g/mol. The largest absolute Gasteiger partial charge is 0.444 e. The van der Waals surface area contributed by atoms with Gasteiger partial charge in [-0.15, -0.1) is 0 Å². The molecule has 0 aromatic heterocycles. The molecule has 3 fully saturated rings. The van der Waals surface area contributed by atoms with Crippen LogP contribution in [-0.2, 0) is 21.6 Å². The standard InChI is InChI=1S/C27H32F8N2O3/c1-23(2,3)40-22(39)36-11-6-16(7-12-36)17-4-5-19(20(14-17)26(30,31)32)25(28,29)18-8-13-37(15-18)21(38)24(9-10-24)27(33,34)35/h4-5,14,16,18H,6-13,15H2,1-3H3. The summed E-state index contributed by atoms with van der Waals surface area (Å²) < 4.78 is 119. The molecule has 2 heterocycles. The second-order valence-corrected chi connectivity index (χ2v) is 12.0. The van der Waals surface area contributed by atoms with Gasteiger partial charge in [-0.1, -0.05) is 12.1 Å². The molecular weight excluding hydrogens is 552 g/mol. The lowest BCUT2D eigenvalue weighted by Gasteiger charge is -2.34. The van der Waals surface area contributed by atoms with Crippen LogP contribution in [0.5, 0.6) is 0 Å². The summed E-state index contributed by atoms with van der Waals surface area (Å²) in [4.78, 5) is 27.0. The van der Waals surface area contributed by atoms with E-state index in [0.29, 0.717) is 23.8 Å². The lowest BCUT2D eigenvalue weighted by Crippen LogP contribution is -2.43. The van der Waals surface area contributed by atoms with Crippen LogP contribution in [-0.4, -0.2) is 59.8 Å². The third kappa shape index (κ3) is 5.88. The Morgan fingerprint density at radius 2 is 1.43 bits per heavy atom. The van der Waals surface area contributed by atoms with Crippen molar-refractivity contribution in [3.8, 4) is 0 Å². The van der Waals surface area contributed by atoms with Crippen molar-refractivity contribution in [3.05, 3.63) is 34.9 Å². The predicted octanol–water partition coefficient (Wildman–Crippen LogP) is 7.10. The molecule has 2 saturated heterocycles. The smallest absolute Gasteiger partial charge is 0.416 e. The van der Waals surface area contributed by atoms with Gasteiger partial charge in [0, 0.05) is 37.7 Å². The van der Waals surface area contributed by atoms with Gasteiger partial charge < -0.3 is 14.5 Å². The van der Waals surface area contributed by atoms with Gasteiger partial charge in [0.15, 0.2) is 0 Å². The van der Waals surface area contributed by atoms with Crippen LogP contribution in [0.2, 0.25) is 0 Å². The van der Waals surface area contributed by atoms with Crippen molar-refractivity contribution in [3.63, 3.8) is 0 Å². The lowest BCUT2D eigenvalue weighted by molar-refractivity contribution is -0.198. The van der Waals surface area contributed by atoms with Crippen LogP contribution in [0.3, 0.4) is 0 Å². The minimum atomic E-state index is -5.12. The van der Waals surface area contributed by atoms with Crippen LogP contribution in [0.15, 0.2) is 18.2 Å². The van der Waals surface area contributed by atoms with Crippen molar-refractivity contribution in [1.82, 2.24) is 9.80 Å². The molecule has 0 radical (unpaired) electrons. The van der Waals surface area contributed by atoms with Crippen molar-refractivity contribution >= 4 is 12.0 Å². The fourth-order valence-electron chi connectivity index (χ4n) is 5.57. The molecule has 0 N–H and O–H groups in total. The highest BCUT2D eigenvalue weighted by atomic mass is 19.4. The molecule has 40 heavy (non-hydrogen) atoms. The molecule has 4 rings (SSSR count). The number of nitrogens with zero attached hydrogens (tertiary/aromatic N) is 2. The summed E-state index contributed by atoms with van der Waals surface area (Å²) >= 11 is 0. The van der Waals surface area contributed by atoms with Crippen LogP contribution in [0, 0.1) is 11.3 Å². The number of halogens is 8. The van der Waals surface area contributed by atoms with Crippen LogP contribution >= 0.6 is 0 Å². The highest BCUT2D eigenvalue weighted by Gasteiger charge is 2.70. The quantitative estimate of drug-likeness (QED) is 0.355. The van der Waals surface area contributed by atoms with E-state index < -0.39 is 90.1 Å². The number of likely N-dealkylation sites (tertiary alicyclic amines) is 2. The molecule has 1 saturated carbocycles. The van der Waals surface area contributed by atoms with E-state index >= 15 is 8.78 Å². The van der Waals surface area contributed by atoms with Crippen LogP contribution in [0.4, 0.5) is 39.9 Å². The molecule has 1 unspecified atom stereocenters. The van der Waals surface area contributed by atoms with Gasteiger partial charge in [0.25, 0.3) is 5.92 Å². The Hall–Kier alpha value is -2.60. The second-order valence-electron chi connectivity index (χ2n) is 12.0. The SMILES string of the molecule is CC(C)(C)OC(=O)N1CCC(c2ccc(C(F)(F)C3CCN(C(=O)C4(C(F)(F)F)CC4)C3)c(C(F)(F)F)c2)CC1. The molecule has 0 spiro atoms. The molecule has 224 valence electrons. The summed E-state index contributed by atoms with van der Waals surface area (Å²) in [6.07, 6.45) is -11.1. The number of alkyl halides is 8. The Morgan fingerprint density at radius 3 is 1.93 bits per heavy atom. The van der Waals surface area contributed by atoms with E-state index in [1.54, 1.807) is 20.8 Å². The van der Waals surface area contributed by atoms with E-state index in [1.807, 2.05) is 0 Å². The highest BCUT2D eigenvalue weighted by molar-refractivity contribution is 5.86. The summed E-state index contributed by atoms with van der Waals surface area (Å²) in [6.45, 7) is 4.44. The number of benzene rings is 1. The first-order valence-electron chi connectivity index (χ1n) is 13.2. The Labute approximate surface area is 226 Å². The van der Waals surface area contributed by atoms with E-state index in [-0.39, 0.29) is 25.2 Å². The minimum absolute atomic E-state index is 0.208. The average Bonchev–Trinajstić information content (AvgIpc) is 3.52. The summed E-state index contributed by atoms with van der Waals surface area (Å²) in [7, 11) is 0. The molecule has 2 aliphatic heterocycles. The molecule has 1 aliphatic carbocycles. The lowest BCUT2D eigenvalue weighted by atomic mass is 9.84. The Bertz CT molecular complexity index is 1130. The molecule has 1 atom stereocenters. The first kappa shape index (κ1) is 30.4. The van der Waals surface area contributed by atoms with Crippen molar-refractivity contribution < 1.29 is 49.4 Å². The van der Waals surface area contributed by atoms with Gasteiger partial charge in [-0.05, 0) is 70.4 Å². The third-order valence-corrected chi connectivity index (χ3v) is 8.02. The maximum Gasteiger partial charge on any atom is 0.416 e. The molecule has 5 nitrogen and oxygen atoms in total. The molecule has 2 amide bonds.